The van der Waals surface area contributed by atoms with Crippen LogP contribution in [0.5, 0.6) is 0 Å². The minimum Gasteiger partial charge on any atom is -0.380 e. The number of amides is 1. The van der Waals surface area contributed by atoms with Crippen molar-refractivity contribution >= 4 is 45.4 Å². The van der Waals surface area contributed by atoms with Gasteiger partial charge in [0.1, 0.15) is 10.7 Å². The third-order valence-electron chi connectivity index (χ3n) is 5.75. The van der Waals surface area contributed by atoms with Crippen molar-refractivity contribution in [3.05, 3.63) is 57.1 Å². The third-order valence-corrected chi connectivity index (χ3v) is 7.12. The zero-order valence-electron chi connectivity index (χ0n) is 18.2. The second-order valence-electron chi connectivity index (χ2n) is 8.30. The number of benzene rings is 1. The van der Waals surface area contributed by atoms with Gasteiger partial charge in [0.15, 0.2) is 0 Å². The van der Waals surface area contributed by atoms with Gasteiger partial charge in [-0.15, -0.1) is 11.3 Å². The van der Waals surface area contributed by atoms with Crippen molar-refractivity contribution in [1.29, 1.82) is 0 Å². The molecule has 5 N–H and O–H groups in total. The van der Waals surface area contributed by atoms with E-state index in [2.05, 4.69) is 34.1 Å². The van der Waals surface area contributed by atoms with E-state index in [-0.39, 0.29) is 0 Å². The summed E-state index contributed by atoms with van der Waals surface area (Å²) in [4.78, 5) is 22.2. The first kappa shape index (κ1) is 22.8. The Hall–Kier alpha value is -2.39. The monoisotopic (exact) mass is 472 g/mol. The first-order valence-corrected chi connectivity index (χ1v) is 12.0. The standard InChI is InChI=1S/C14H22N4S.C9H7ClN2O/c1-10(16-11-3-6-15-7-4-11)14-17-12-5-8-18(2)9-13(12)19-14;10-6-1-2-7-5(3-6)4-8(12-7)9(11)13/h11,15-16H,1,3-9H2,2H3;1-4,12H,(H2,11,13). The fourth-order valence-corrected chi connectivity index (χ4v) is 5.27. The maximum atomic E-state index is 10.8. The number of thiazole rings is 1. The molecule has 1 fully saturated rings. The van der Waals surface area contributed by atoms with Gasteiger partial charge < -0.3 is 26.3 Å². The number of halogens is 1. The van der Waals surface area contributed by atoms with Crippen LogP contribution in [0.1, 0.15) is 38.9 Å². The number of likely N-dealkylation sites (N-methyl/N-ethyl adjacent to an activating group) is 1. The van der Waals surface area contributed by atoms with Crippen LogP contribution in [0, 0.1) is 0 Å². The minimum atomic E-state index is -0.465. The fraction of sp³-hybridized carbons (Fsp3) is 0.391. The van der Waals surface area contributed by atoms with E-state index >= 15 is 0 Å². The van der Waals surface area contributed by atoms with Gasteiger partial charge in [0.05, 0.1) is 11.4 Å². The van der Waals surface area contributed by atoms with Crippen LogP contribution in [0.2, 0.25) is 5.02 Å². The van der Waals surface area contributed by atoms with E-state index in [0.29, 0.717) is 16.8 Å². The highest BCUT2D eigenvalue weighted by Gasteiger charge is 2.20. The molecule has 1 aromatic carbocycles. The second kappa shape index (κ2) is 10.0. The largest absolute Gasteiger partial charge is 0.380 e. The zero-order valence-corrected chi connectivity index (χ0v) is 19.8. The maximum Gasteiger partial charge on any atom is 0.265 e. The van der Waals surface area contributed by atoms with Crippen LogP contribution in [0.4, 0.5) is 0 Å². The molecule has 0 spiro atoms. The lowest BCUT2D eigenvalue weighted by atomic mass is 10.1. The van der Waals surface area contributed by atoms with E-state index in [1.165, 1.54) is 23.4 Å². The predicted molar refractivity (Wildman–Crippen MR) is 132 cm³/mol. The summed E-state index contributed by atoms with van der Waals surface area (Å²) in [5.41, 5.74) is 8.66. The zero-order chi connectivity index (χ0) is 22.7. The number of nitrogens with two attached hydrogens (primary N) is 1. The summed E-state index contributed by atoms with van der Waals surface area (Å²) in [6, 6.07) is 7.58. The van der Waals surface area contributed by atoms with Crippen LogP contribution in [0.3, 0.4) is 0 Å². The average molecular weight is 473 g/mol. The van der Waals surface area contributed by atoms with Crippen LogP contribution in [-0.4, -0.2) is 53.5 Å². The highest BCUT2D eigenvalue weighted by Crippen LogP contribution is 2.27. The van der Waals surface area contributed by atoms with Crippen LogP contribution in [-0.2, 0) is 13.0 Å². The first-order valence-electron chi connectivity index (χ1n) is 10.8. The molecule has 32 heavy (non-hydrogen) atoms. The highest BCUT2D eigenvalue weighted by molar-refractivity contribution is 7.12. The van der Waals surface area contributed by atoms with Gasteiger partial charge >= 0.3 is 0 Å². The predicted octanol–water partition coefficient (Wildman–Crippen LogP) is 3.36. The Balaban J connectivity index is 0.000000165. The van der Waals surface area contributed by atoms with Crippen molar-refractivity contribution in [1.82, 2.24) is 25.5 Å². The van der Waals surface area contributed by atoms with Gasteiger partial charge in [-0.1, -0.05) is 18.2 Å². The molecule has 0 atom stereocenters. The molecule has 0 unspecified atom stereocenters. The highest BCUT2D eigenvalue weighted by atomic mass is 35.5. The fourth-order valence-electron chi connectivity index (χ4n) is 3.96. The Labute approximate surface area is 197 Å². The van der Waals surface area contributed by atoms with E-state index in [9.17, 15) is 4.79 Å². The Morgan fingerprint density at radius 1 is 1.34 bits per heavy atom. The number of carbonyl (C=O) groups excluding carboxylic acids is 1. The van der Waals surface area contributed by atoms with Crippen molar-refractivity contribution < 1.29 is 4.79 Å². The summed E-state index contributed by atoms with van der Waals surface area (Å²) >= 11 is 7.58. The molecular formula is C23H29ClN6OS. The number of fused-ring (bicyclic) bond motifs is 2. The molecule has 1 saturated heterocycles. The van der Waals surface area contributed by atoms with Gasteiger partial charge in [0, 0.05) is 46.4 Å². The van der Waals surface area contributed by atoms with Gasteiger partial charge in [-0.3, -0.25) is 4.79 Å². The molecule has 1 amide bonds. The summed E-state index contributed by atoms with van der Waals surface area (Å²) in [5.74, 6) is -0.465. The molecule has 4 heterocycles. The Bertz CT molecular complexity index is 1120. The number of hydrogen-bond acceptors (Lipinski definition) is 6. The summed E-state index contributed by atoms with van der Waals surface area (Å²) < 4.78 is 0. The maximum absolute atomic E-state index is 10.8. The lowest BCUT2D eigenvalue weighted by molar-refractivity contribution is 0.0996. The van der Waals surface area contributed by atoms with Crippen molar-refractivity contribution in [2.45, 2.75) is 31.8 Å². The molecule has 0 aliphatic carbocycles. The molecule has 0 saturated carbocycles. The number of carbonyl (C=O) groups is 1. The van der Waals surface area contributed by atoms with E-state index in [1.807, 2.05) is 6.07 Å². The van der Waals surface area contributed by atoms with E-state index in [1.54, 1.807) is 29.5 Å². The molecule has 3 aromatic rings. The quantitative estimate of drug-likeness (QED) is 0.466. The summed E-state index contributed by atoms with van der Waals surface area (Å²) in [5, 5.41) is 9.55. The van der Waals surface area contributed by atoms with Gasteiger partial charge in [-0.05, 0) is 57.2 Å². The van der Waals surface area contributed by atoms with E-state index in [0.717, 1.165) is 54.2 Å². The Morgan fingerprint density at radius 3 is 2.88 bits per heavy atom. The molecule has 170 valence electrons. The van der Waals surface area contributed by atoms with E-state index in [4.69, 9.17) is 22.3 Å². The lowest BCUT2D eigenvalue weighted by Crippen LogP contribution is -2.38. The lowest BCUT2D eigenvalue weighted by Gasteiger charge is -2.24. The average Bonchev–Trinajstić information content (AvgIpc) is 3.38. The molecule has 2 aliphatic rings. The molecule has 5 rings (SSSR count). The van der Waals surface area contributed by atoms with Crippen molar-refractivity contribution in [2.75, 3.05) is 26.7 Å². The smallest absolute Gasteiger partial charge is 0.265 e. The Kier molecular flexibility index (Phi) is 7.15. The van der Waals surface area contributed by atoms with Crippen LogP contribution in [0.15, 0.2) is 30.8 Å². The number of nitrogens with zero attached hydrogens (tertiary/aromatic N) is 2. The van der Waals surface area contributed by atoms with Gasteiger partial charge in [0.25, 0.3) is 5.91 Å². The van der Waals surface area contributed by atoms with Crippen molar-refractivity contribution in [3.63, 3.8) is 0 Å². The molecular weight excluding hydrogens is 444 g/mol. The van der Waals surface area contributed by atoms with E-state index < -0.39 is 5.91 Å². The Morgan fingerprint density at radius 2 is 2.12 bits per heavy atom. The number of nitrogens with one attached hydrogen (secondary N) is 3. The number of aromatic nitrogens is 2. The molecule has 9 heteroatoms. The van der Waals surface area contributed by atoms with Gasteiger partial charge in [-0.25, -0.2) is 4.98 Å². The summed E-state index contributed by atoms with van der Waals surface area (Å²) in [6.45, 7) is 8.54. The molecule has 0 radical (unpaired) electrons. The van der Waals surface area contributed by atoms with Crippen LogP contribution < -0.4 is 16.4 Å². The normalized spacial score (nSPS) is 16.8. The molecule has 2 aliphatic heterocycles. The number of primary amides is 1. The molecule has 7 nitrogen and oxygen atoms in total. The number of H-pyrrole nitrogens is 1. The van der Waals surface area contributed by atoms with Gasteiger partial charge in [-0.2, -0.15) is 0 Å². The second-order valence-corrected chi connectivity index (χ2v) is 9.82. The topological polar surface area (TPSA) is 99.1 Å². The molecule has 0 bridgehead atoms. The molecule has 2 aromatic heterocycles. The summed E-state index contributed by atoms with van der Waals surface area (Å²) in [6.07, 6.45) is 3.42. The minimum absolute atomic E-state index is 0.400. The summed E-state index contributed by atoms with van der Waals surface area (Å²) in [7, 11) is 2.17. The number of hydrogen-bond donors (Lipinski definition) is 4. The number of piperidine rings is 1. The van der Waals surface area contributed by atoms with Crippen molar-refractivity contribution in [2.24, 2.45) is 5.73 Å². The van der Waals surface area contributed by atoms with Gasteiger partial charge in [0.2, 0.25) is 0 Å². The first-order chi connectivity index (χ1) is 15.4. The third kappa shape index (κ3) is 5.50. The van der Waals surface area contributed by atoms with Crippen LogP contribution in [0.25, 0.3) is 16.6 Å². The SMILES string of the molecule is C=C(NC1CCNCC1)c1nc2c(s1)CN(C)CC2.NC(=O)c1cc2cc(Cl)ccc2[nH]1. The van der Waals surface area contributed by atoms with Crippen molar-refractivity contribution in [3.8, 4) is 0 Å². The van der Waals surface area contributed by atoms with Crippen LogP contribution >= 0.6 is 22.9 Å². The number of aromatic amines is 1. The number of rotatable bonds is 4.